The van der Waals surface area contributed by atoms with E-state index in [2.05, 4.69) is 32.1 Å². The third-order valence-electron chi connectivity index (χ3n) is 3.14. The second kappa shape index (κ2) is 5.48. The average molecular weight is 280 g/mol. The first kappa shape index (κ1) is 12.3. The van der Waals surface area contributed by atoms with Gasteiger partial charge in [-0.05, 0) is 24.3 Å². The van der Waals surface area contributed by atoms with Gasteiger partial charge in [0.2, 0.25) is 0 Å². The minimum atomic E-state index is 0.234. The Labute approximate surface area is 115 Å². The minimum Gasteiger partial charge on any atom is -0.395 e. The lowest BCUT2D eigenvalue weighted by atomic mass is 10.3. The molecule has 0 amide bonds. The highest BCUT2D eigenvalue weighted by atomic mass is 32.1. The smallest absolute Gasteiger partial charge is 0.124 e. The summed E-state index contributed by atoms with van der Waals surface area (Å²) in [6.07, 6.45) is 2.53. The first-order chi connectivity index (χ1) is 8.86. The summed E-state index contributed by atoms with van der Waals surface area (Å²) < 4.78 is 0. The van der Waals surface area contributed by atoms with E-state index in [-0.39, 0.29) is 6.61 Å². The van der Waals surface area contributed by atoms with Crippen molar-refractivity contribution in [2.75, 3.05) is 13.2 Å². The highest BCUT2D eigenvalue weighted by Gasteiger charge is 2.28. The highest BCUT2D eigenvalue weighted by Crippen LogP contribution is 2.30. The summed E-state index contributed by atoms with van der Waals surface area (Å²) in [5, 5.41) is 16.5. The summed E-state index contributed by atoms with van der Waals surface area (Å²) in [5.74, 6) is 0. The normalized spacial score (nSPS) is 15.4. The predicted octanol–water partition coefficient (Wildman–Crippen LogP) is 2.83. The van der Waals surface area contributed by atoms with Crippen molar-refractivity contribution < 1.29 is 5.11 Å². The molecule has 1 aliphatic rings. The lowest BCUT2D eigenvalue weighted by molar-refractivity contribution is 0.182. The van der Waals surface area contributed by atoms with E-state index in [1.165, 1.54) is 18.4 Å². The van der Waals surface area contributed by atoms with E-state index in [4.69, 9.17) is 5.11 Å². The molecule has 0 unspecified atom stereocenters. The van der Waals surface area contributed by atoms with Crippen molar-refractivity contribution in [1.82, 2.24) is 9.88 Å². The zero-order valence-electron chi connectivity index (χ0n) is 10.1. The van der Waals surface area contributed by atoms with Crippen LogP contribution < -0.4 is 0 Å². The van der Waals surface area contributed by atoms with E-state index in [1.807, 2.05) is 0 Å². The molecule has 1 fully saturated rings. The number of hydrogen-bond acceptors (Lipinski definition) is 5. The largest absolute Gasteiger partial charge is 0.395 e. The molecule has 0 bridgehead atoms. The zero-order valence-corrected chi connectivity index (χ0v) is 11.7. The zero-order chi connectivity index (χ0) is 12.4. The lowest BCUT2D eigenvalue weighted by Crippen LogP contribution is -2.28. The number of thiazole rings is 1. The van der Waals surface area contributed by atoms with Gasteiger partial charge in [0.1, 0.15) is 5.01 Å². The van der Waals surface area contributed by atoms with Crippen molar-refractivity contribution in [2.45, 2.75) is 25.4 Å². The number of nitrogens with zero attached hydrogens (tertiary/aromatic N) is 2. The van der Waals surface area contributed by atoms with Gasteiger partial charge in [0, 0.05) is 35.5 Å². The molecule has 0 saturated heterocycles. The van der Waals surface area contributed by atoms with Gasteiger partial charge in [0.15, 0.2) is 0 Å². The van der Waals surface area contributed by atoms with Gasteiger partial charge in [0.25, 0.3) is 0 Å². The molecule has 0 radical (unpaired) electrons. The molecule has 3 rings (SSSR count). The van der Waals surface area contributed by atoms with Crippen molar-refractivity contribution >= 4 is 22.7 Å². The van der Waals surface area contributed by atoms with Crippen LogP contribution in [-0.2, 0) is 6.54 Å². The molecular formula is C13H16N2OS2. The van der Waals surface area contributed by atoms with E-state index >= 15 is 0 Å². The number of aliphatic hydroxyl groups is 1. The second-order valence-corrected chi connectivity index (χ2v) is 6.22. The van der Waals surface area contributed by atoms with Crippen LogP contribution in [0.2, 0.25) is 0 Å². The Bertz CT molecular complexity index is 491. The van der Waals surface area contributed by atoms with Crippen LogP contribution in [0.25, 0.3) is 10.6 Å². The maximum Gasteiger partial charge on any atom is 0.124 e. The monoisotopic (exact) mass is 280 g/mol. The molecule has 1 aliphatic carbocycles. The maximum absolute atomic E-state index is 9.09. The maximum atomic E-state index is 9.09. The SMILES string of the molecule is OCCN(Cc1csc(-c2ccsc2)n1)C1CC1. The van der Waals surface area contributed by atoms with Crippen molar-refractivity contribution in [3.8, 4) is 10.6 Å². The molecule has 2 heterocycles. The van der Waals surface area contributed by atoms with Gasteiger partial charge in [-0.2, -0.15) is 11.3 Å². The number of aliphatic hydroxyl groups excluding tert-OH is 1. The fourth-order valence-corrected chi connectivity index (χ4v) is 3.59. The number of rotatable bonds is 6. The Morgan fingerprint density at radius 1 is 1.39 bits per heavy atom. The van der Waals surface area contributed by atoms with Crippen LogP contribution in [0.4, 0.5) is 0 Å². The molecule has 5 heteroatoms. The van der Waals surface area contributed by atoms with Crippen LogP contribution in [0, 0.1) is 0 Å². The predicted molar refractivity (Wildman–Crippen MR) is 75.9 cm³/mol. The van der Waals surface area contributed by atoms with Crippen LogP contribution in [-0.4, -0.2) is 34.2 Å². The molecule has 0 aliphatic heterocycles. The van der Waals surface area contributed by atoms with Crippen LogP contribution in [0.3, 0.4) is 0 Å². The van der Waals surface area contributed by atoms with Gasteiger partial charge in [-0.1, -0.05) is 0 Å². The molecule has 18 heavy (non-hydrogen) atoms. The highest BCUT2D eigenvalue weighted by molar-refractivity contribution is 7.14. The summed E-state index contributed by atoms with van der Waals surface area (Å²) in [6.45, 7) is 1.86. The van der Waals surface area contributed by atoms with Crippen molar-refractivity contribution in [3.63, 3.8) is 0 Å². The Hall–Kier alpha value is -0.750. The Morgan fingerprint density at radius 3 is 2.94 bits per heavy atom. The van der Waals surface area contributed by atoms with Gasteiger partial charge in [-0.15, -0.1) is 11.3 Å². The molecule has 3 nitrogen and oxygen atoms in total. The summed E-state index contributed by atoms with van der Waals surface area (Å²) in [6, 6.07) is 2.78. The summed E-state index contributed by atoms with van der Waals surface area (Å²) >= 11 is 3.41. The number of aromatic nitrogens is 1. The molecule has 0 atom stereocenters. The van der Waals surface area contributed by atoms with Crippen LogP contribution in [0.1, 0.15) is 18.5 Å². The first-order valence-electron chi connectivity index (χ1n) is 6.18. The van der Waals surface area contributed by atoms with E-state index in [9.17, 15) is 0 Å². The fourth-order valence-electron chi connectivity index (χ4n) is 2.07. The molecule has 2 aromatic rings. The minimum absolute atomic E-state index is 0.234. The van der Waals surface area contributed by atoms with E-state index in [1.54, 1.807) is 22.7 Å². The van der Waals surface area contributed by atoms with Gasteiger partial charge >= 0.3 is 0 Å². The molecule has 96 valence electrons. The summed E-state index contributed by atoms with van der Waals surface area (Å²) in [5.41, 5.74) is 2.35. The van der Waals surface area contributed by atoms with Gasteiger partial charge in [-0.25, -0.2) is 4.98 Å². The Kier molecular flexibility index (Phi) is 3.75. The lowest BCUT2D eigenvalue weighted by Gasteiger charge is -2.19. The molecule has 1 N–H and O–H groups in total. The average Bonchev–Trinajstić information content (AvgIpc) is 2.90. The third kappa shape index (κ3) is 2.80. The van der Waals surface area contributed by atoms with Crippen LogP contribution in [0.5, 0.6) is 0 Å². The van der Waals surface area contributed by atoms with Crippen molar-refractivity contribution in [2.24, 2.45) is 0 Å². The molecule has 2 aromatic heterocycles. The molecule has 1 saturated carbocycles. The molecule has 0 aromatic carbocycles. The van der Waals surface area contributed by atoms with Crippen molar-refractivity contribution in [3.05, 3.63) is 27.9 Å². The van der Waals surface area contributed by atoms with Gasteiger partial charge < -0.3 is 5.11 Å². The van der Waals surface area contributed by atoms with E-state index < -0.39 is 0 Å². The topological polar surface area (TPSA) is 36.4 Å². The van der Waals surface area contributed by atoms with Crippen molar-refractivity contribution in [1.29, 1.82) is 0 Å². The van der Waals surface area contributed by atoms with Crippen LogP contribution in [0.15, 0.2) is 22.2 Å². The van der Waals surface area contributed by atoms with Gasteiger partial charge in [0.05, 0.1) is 12.3 Å². The first-order valence-corrected chi connectivity index (χ1v) is 8.01. The number of hydrogen-bond donors (Lipinski definition) is 1. The second-order valence-electron chi connectivity index (χ2n) is 4.58. The van der Waals surface area contributed by atoms with E-state index in [0.29, 0.717) is 6.04 Å². The molecular weight excluding hydrogens is 264 g/mol. The number of thiophene rings is 1. The third-order valence-corrected chi connectivity index (χ3v) is 4.76. The quantitative estimate of drug-likeness (QED) is 0.884. The van der Waals surface area contributed by atoms with Crippen LogP contribution >= 0.6 is 22.7 Å². The summed E-state index contributed by atoms with van der Waals surface area (Å²) in [7, 11) is 0. The summed E-state index contributed by atoms with van der Waals surface area (Å²) in [4.78, 5) is 7.03. The Morgan fingerprint density at radius 2 is 2.28 bits per heavy atom. The standard InChI is InChI=1S/C13H16N2OS2/c16-5-4-15(12-1-2-12)7-11-9-18-13(14-11)10-3-6-17-8-10/h3,6,8-9,12,16H,1-2,4-5,7H2. The Balaban J connectivity index is 1.69. The van der Waals surface area contributed by atoms with Gasteiger partial charge in [-0.3, -0.25) is 4.90 Å². The fraction of sp³-hybridized carbons (Fsp3) is 0.462. The van der Waals surface area contributed by atoms with E-state index in [0.717, 1.165) is 23.8 Å². The molecule has 0 spiro atoms.